The van der Waals surface area contributed by atoms with Gasteiger partial charge in [0.05, 0.1) is 18.6 Å². The fourth-order valence-corrected chi connectivity index (χ4v) is 2.62. The SMILES string of the molecule is CCCC(CC1OCCc2ccccc21)C(=O)O. The van der Waals surface area contributed by atoms with Crippen molar-refractivity contribution in [2.75, 3.05) is 6.61 Å². The Bertz CT molecular complexity index is 414. The maximum Gasteiger partial charge on any atom is 0.306 e. The Labute approximate surface area is 108 Å². The van der Waals surface area contributed by atoms with Crippen molar-refractivity contribution in [3.05, 3.63) is 35.4 Å². The zero-order valence-electron chi connectivity index (χ0n) is 10.8. The van der Waals surface area contributed by atoms with Crippen LogP contribution in [0, 0.1) is 5.92 Å². The van der Waals surface area contributed by atoms with E-state index in [4.69, 9.17) is 4.74 Å². The van der Waals surface area contributed by atoms with E-state index < -0.39 is 5.97 Å². The molecule has 1 heterocycles. The molecule has 3 heteroatoms. The largest absolute Gasteiger partial charge is 0.481 e. The summed E-state index contributed by atoms with van der Waals surface area (Å²) in [6, 6.07) is 8.20. The fourth-order valence-electron chi connectivity index (χ4n) is 2.62. The molecule has 2 rings (SSSR count). The van der Waals surface area contributed by atoms with Crippen LogP contribution in [0.4, 0.5) is 0 Å². The Kier molecular flexibility index (Phi) is 4.37. The van der Waals surface area contributed by atoms with E-state index in [0.29, 0.717) is 13.0 Å². The summed E-state index contributed by atoms with van der Waals surface area (Å²) in [7, 11) is 0. The van der Waals surface area contributed by atoms with Gasteiger partial charge in [0.1, 0.15) is 0 Å². The molecule has 3 nitrogen and oxygen atoms in total. The summed E-state index contributed by atoms with van der Waals surface area (Å²) in [5.41, 5.74) is 2.47. The Balaban J connectivity index is 2.12. The molecule has 1 aromatic rings. The summed E-state index contributed by atoms with van der Waals surface area (Å²) < 4.78 is 5.77. The Morgan fingerprint density at radius 2 is 2.28 bits per heavy atom. The van der Waals surface area contributed by atoms with E-state index >= 15 is 0 Å². The number of hydrogen-bond donors (Lipinski definition) is 1. The van der Waals surface area contributed by atoms with Crippen LogP contribution in [0.2, 0.25) is 0 Å². The van der Waals surface area contributed by atoms with E-state index in [1.165, 1.54) is 11.1 Å². The number of hydrogen-bond acceptors (Lipinski definition) is 2. The highest BCUT2D eigenvalue weighted by atomic mass is 16.5. The van der Waals surface area contributed by atoms with Crippen LogP contribution < -0.4 is 0 Å². The van der Waals surface area contributed by atoms with Crippen molar-refractivity contribution in [3.8, 4) is 0 Å². The normalized spacial score (nSPS) is 20.2. The monoisotopic (exact) mass is 248 g/mol. The Morgan fingerprint density at radius 3 is 3.00 bits per heavy atom. The van der Waals surface area contributed by atoms with Gasteiger partial charge in [0.15, 0.2) is 0 Å². The highest BCUT2D eigenvalue weighted by Gasteiger charge is 2.26. The Morgan fingerprint density at radius 1 is 1.50 bits per heavy atom. The minimum Gasteiger partial charge on any atom is -0.481 e. The highest BCUT2D eigenvalue weighted by Crippen LogP contribution is 2.33. The number of aliphatic carboxylic acids is 1. The quantitative estimate of drug-likeness (QED) is 0.870. The molecule has 0 amide bonds. The average Bonchev–Trinajstić information content (AvgIpc) is 2.38. The molecular formula is C15H20O3. The second-order valence-corrected chi connectivity index (χ2v) is 4.87. The molecule has 0 aromatic heterocycles. The number of ether oxygens (including phenoxy) is 1. The van der Waals surface area contributed by atoms with Gasteiger partial charge in [-0.1, -0.05) is 37.6 Å². The van der Waals surface area contributed by atoms with Crippen LogP contribution in [0.25, 0.3) is 0 Å². The van der Waals surface area contributed by atoms with Crippen LogP contribution in [0.3, 0.4) is 0 Å². The van der Waals surface area contributed by atoms with Crippen molar-refractivity contribution in [2.24, 2.45) is 5.92 Å². The molecule has 1 aliphatic rings. The molecule has 18 heavy (non-hydrogen) atoms. The topological polar surface area (TPSA) is 46.5 Å². The third kappa shape index (κ3) is 2.91. The maximum atomic E-state index is 11.2. The minimum atomic E-state index is -0.705. The molecular weight excluding hydrogens is 228 g/mol. The molecule has 2 atom stereocenters. The van der Waals surface area contributed by atoms with Gasteiger partial charge < -0.3 is 9.84 Å². The van der Waals surface area contributed by atoms with Crippen LogP contribution in [-0.4, -0.2) is 17.7 Å². The number of benzene rings is 1. The van der Waals surface area contributed by atoms with Crippen LogP contribution in [0.15, 0.2) is 24.3 Å². The zero-order valence-corrected chi connectivity index (χ0v) is 10.8. The van der Waals surface area contributed by atoms with Crippen molar-refractivity contribution >= 4 is 5.97 Å². The van der Waals surface area contributed by atoms with Crippen LogP contribution in [-0.2, 0) is 16.0 Å². The smallest absolute Gasteiger partial charge is 0.306 e. The second-order valence-electron chi connectivity index (χ2n) is 4.87. The number of fused-ring (bicyclic) bond motifs is 1. The molecule has 0 saturated carbocycles. The third-order valence-corrected chi connectivity index (χ3v) is 3.58. The molecule has 1 N–H and O–H groups in total. The van der Waals surface area contributed by atoms with Gasteiger partial charge in [-0.15, -0.1) is 0 Å². The molecule has 0 saturated heterocycles. The van der Waals surface area contributed by atoms with Crippen molar-refractivity contribution in [1.82, 2.24) is 0 Å². The summed E-state index contributed by atoms with van der Waals surface area (Å²) in [4.78, 5) is 11.2. The minimum absolute atomic E-state index is 0.0531. The number of rotatable bonds is 5. The van der Waals surface area contributed by atoms with Crippen LogP contribution in [0.1, 0.15) is 43.4 Å². The van der Waals surface area contributed by atoms with E-state index in [1.807, 2.05) is 19.1 Å². The Hall–Kier alpha value is -1.35. The number of carbonyl (C=O) groups is 1. The lowest BCUT2D eigenvalue weighted by Crippen LogP contribution is -2.22. The van der Waals surface area contributed by atoms with Gasteiger partial charge in [-0.3, -0.25) is 4.79 Å². The van der Waals surface area contributed by atoms with Crippen LogP contribution in [0.5, 0.6) is 0 Å². The zero-order chi connectivity index (χ0) is 13.0. The van der Waals surface area contributed by atoms with Gasteiger partial charge in [0.25, 0.3) is 0 Å². The van der Waals surface area contributed by atoms with E-state index in [-0.39, 0.29) is 12.0 Å². The molecule has 0 radical (unpaired) electrons. The van der Waals surface area contributed by atoms with Crippen molar-refractivity contribution < 1.29 is 14.6 Å². The highest BCUT2D eigenvalue weighted by molar-refractivity contribution is 5.70. The van der Waals surface area contributed by atoms with Crippen molar-refractivity contribution in [2.45, 2.75) is 38.7 Å². The number of carboxylic acid groups (broad SMARTS) is 1. The summed E-state index contributed by atoms with van der Waals surface area (Å²) in [5.74, 6) is -1.00. The molecule has 1 aromatic carbocycles. The van der Waals surface area contributed by atoms with E-state index in [0.717, 1.165) is 19.3 Å². The van der Waals surface area contributed by atoms with Crippen molar-refractivity contribution in [3.63, 3.8) is 0 Å². The first-order valence-corrected chi connectivity index (χ1v) is 6.64. The lowest BCUT2D eigenvalue weighted by molar-refractivity contribution is -0.143. The van der Waals surface area contributed by atoms with Gasteiger partial charge >= 0.3 is 5.97 Å². The predicted molar refractivity (Wildman–Crippen MR) is 69.5 cm³/mol. The number of carboxylic acids is 1. The molecule has 1 aliphatic heterocycles. The van der Waals surface area contributed by atoms with Gasteiger partial charge in [-0.05, 0) is 30.4 Å². The lowest BCUT2D eigenvalue weighted by Gasteiger charge is -2.28. The van der Waals surface area contributed by atoms with E-state index in [1.54, 1.807) is 0 Å². The summed E-state index contributed by atoms with van der Waals surface area (Å²) in [6.45, 7) is 2.71. The predicted octanol–water partition coefficient (Wildman–Crippen LogP) is 3.19. The first-order chi connectivity index (χ1) is 8.72. The van der Waals surface area contributed by atoms with Crippen LogP contribution >= 0.6 is 0 Å². The molecule has 2 unspecified atom stereocenters. The van der Waals surface area contributed by atoms with Gasteiger partial charge in [-0.2, -0.15) is 0 Å². The maximum absolute atomic E-state index is 11.2. The standard InChI is InChI=1S/C15H20O3/c1-2-5-12(15(16)17)10-14-13-7-4-3-6-11(13)8-9-18-14/h3-4,6-7,12,14H,2,5,8-10H2,1H3,(H,16,17). The second kappa shape index (κ2) is 6.01. The molecule has 98 valence electrons. The van der Waals surface area contributed by atoms with Crippen molar-refractivity contribution in [1.29, 1.82) is 0 Å². The molecule has 0 aliphatic carbocycles. The fraction of sp³-hybridized carbons (Fsp3) is 0.533. The molecule has 0 bridgehead atoms. The van der Waals surface area contributed by atoms with E-state index in [2.05, 4.69) is 12.1 Å². The summed E-state index contributed by atoms with van der Waals surface area (Å²) >= 11 is 0. The third-order valence-electron chi connectivity index (χ3n) is 3.58. The summed E-state index contributed by atoms with van der Waals surface area (Å²) in [5, 5.41) is 9.23. The summed E-state index contributed by atoms with van der Waals surface area (Å²) in [6.07, 6.45) is 3.07. The first kappa shape index (κ1) is 13.1. The molecule has 0 fully saturated rings. The average molecular weight is 248 g/mol. The lowest BCUT2D eigenvalue weighted by atomic mass is 9.89. The van der Waals surface area contributed by atoms with Gasteiger partial charge in [-0.25, -0.2) is 0 Å². The van der Waals surface area contributed by atoms with E-state index in [9.17, 15) is 9.90 Å². The van der Waals surface area contributed by atoms with Gasteiger partial charge in [0.2, 0.25) is 0 Å². The van der Waals surface area contributed by atoms with Gasteiger partial charge in [0, 0.05) is 0 Å². The first-order valence-electron chi connectivity index (χ1n) is 6.64. The molecule has 0 spiro atoms.